The molecule has 1 N–H and O–H groups in total. The molecule has 0 spiro atoms. The third-order valence-corrected chi connectivity index (χ3v) is 7.25. The highest BCUT2D eigenvalue weighted by molar-refractivity contribution is 5.90. The lowest BCUT2D eigenvalue weighted by atomic mass is 9.96. The quantitative estimate of drug-likeness (QED) is 0.439. The van der Waals surface area contributed by atoms with Crippen molar-refractivity contribution < 1.29 is 19.1 Å². The first-order chi connectivity index (χ1) is 16.9. The highest BCUT2D eigenvalue weighted by Gasteiger charge is 2.19. The number of carbonyl (C=O) groups is 2. The van der Waals surface area contributed by atoms with Gasteiger partial charge < -0.3 is 19.4 Å². The Morgan fingerprint density at radius 1 is 1.09 bits per heavy atom. The molecule has 0 saturated heterocycles. The maximum Gasteiger partial charge on any atom is 0.337 e. The van der Waals surface area contributed by atoms with Crippen molar-refractivity contribution in [2.24, 2.45) is 18.9 Å². The first-order valence-electron chi connectivity index (χ1n) is 12.5. The molecule has 1 fully saturated rings. The van der Waals surface area contributed by atoms with Gasteiger partial charge in [-0.15, -0.1) is 0 Å². The van der Waals surface area contributed by atoms with Crippen molar-refractivity contribution in [3.05, 3.63) is 64.8 Å². The average molecular weight is 477 g/mol. The maximum atomic E-state index is 12.7. The van der Waals surface area contributed by atoms with E-state index in [-0.39, 0.29) is 17.8 Å². The normalized spacial score (nSPS) is 14.7. The summed E-state index contributed by atoms with van der Waals surface area (Å²) in [6.45, 7) is 2.81. The number of rotatable bonds is 9. The molecule has 2 aromatic carbocycles. The van der Waals surface area contributed by atoms with E-state index in [0.717, 1.165) is 23.2 Å². The first-order valence-corrected chi connectivity index (χ1v) is 12.5. The van der Waals surface area contributed by atoms with E-state index in [9.17, 15) is 9.59 Å². The number of amides is 1. The first kappa shape index (κ1) is 24.8. The van der Waals surface area contributed by atoms with Crippen LogP contribution in [0.4, 0.5) is 0 Å². The molecule has 1 aromatic heterocycles. The molecule has 1 heterocycles. The Balaban J connectivity index is 1.51. The third kappa shape index (κ3) is 5.69. The Hall–Kier alpha value is -3.28. The van der Waals surface area contributed by atoms with E-state index in [4.69, 9.17) is 9.47 Å². The van der Waals surface area contributed by atoms with Gasteiger partial charge in [-0.2, -0.15) is 0 Å². The molecule has 1 atom stereocenters. The van der Waals surface area contributed by atoms with Crippen LogP contribution in [0.3, 0.4) is 0 Å². The molecule has 1 aliphatic rings. The van der Waals surface area contributed by atoms with Crippen LogP contribution in [-0.2, 0) is 29.4 Å². The molecular formula is C29H36N2O4. The van der Waals surface area contributed by atoms with E-state index >= 15 is 0 Å². The van der Waals surface area contributed by atoms with Crippen LogP contribution in [0.25, 0.3) is 10.9 Å². The van der Waals surface area contributed by atoms with Crippen molar-refractivity contribution in [1.82, 2.24) is 9.88 Å². The van der Waals surface area contributed by atoms with Crippen molar-refractivity contribution in [3.8, 4) is 5.75 Å². The maximum absolute atomic E-state index is 12.7. The summed E-state index contributed by atoms with van der Waals surface area (Å²) in [4.78, 5) is 24.6. The van der Waals surface area contributed by atoms with Crippen molar-refractivity contribution in [1.29, 1.82) is 0 Å². The van der Waals surface area contributed by atoms with Gasteiger partial charge in [-0.1, -0.05) is 31.9 Å². The van der Waals surface area contributed by atoms with Crippen molar-refractivity contribution >= 4 is 22.8 Å². The highest BCUT2D eigenvalue weighted by Crippen LogP contribution is 2.29. The number of nitrogens with zero attached hydrogens (tertiary/aromatic N) is 1. The topological polar surface area (TPSA) is 69.6 Å². The van der Waals surface area contributed by atoms with Gasteiger partial charge in [0, 0.05) is 43.0 Å². The molecule has 35 heavy (non-hydrogen) atoms. The Kier molecular flexibility index (Phi) is 7.79. The fourth-order valence-electron chi connectivity index (χ4n) is 5.21. The van der Waals surface area contributed by atoms with Crippen LogP contribution in [0.15, 0.2) is 42.6 Å². The van der Waals surface area contributed by atoms with Crippen LogP contribution in [0, 0.1) is 11.8 Å². The number of ether oxygens (including phenoxy) is 2. The van der Waals surface area contributed by atoms with Crippen LogP contribution >= 0.6 is 0 Å². The minimum Gasteiger partial charge on any atom is -0.496 e. The minimum absolute atomic E-state index is 0.0769. The van der Waals surface area contributed by atoms with Gasteiger partial charge in [-0.3, -0.25) is 4.79 Å². The molecule has 1 amide bonds. The summed E-state index contributed by atoms with van der Waals surface area (Å²) in [5.41, 5.74) is 4.94. The molecule has 1 aliphatic carbocycles. The lowest BCUT2D eigenvalue weighted by Crippen LogP contribution is -2.33. The zero-order chi connectivity index (χ0) is 24.9. The molecule has 186 valence electrons. The average Bonchev–Trinajstić information content (AvgIpc) is 3.50. The largest absolute Gasteiger partial charge is 0.496 e. The zero-order valence-electron chi connectivity index (χ0n) is 21.2. The highest BCUT2D eigenvalue weighted by atomic mass is 16.5. The zero-order valence-corrected chi connectivity index (χ0v) is 21.2. The third-order valence-electron chi connectivity index (χ3n) is 7.25. The predicted molar refractivity (Wildman–Crippen MR) is 138 cm³/mol. The lowest BCUT2D eigenvalue weighted by Gasteiger charge is -2.15. The van der Waals surface area contributed by atoms with E-state index in [0.29, 0.717) is 30.1 Å². The van der Waals surface area contributed by atoms with Crippen LogP contribution < -0.4 is 10.1 Å². The van der Waals surface area contributed by atoms with Crippen molar-refractivity contribution in [3.63, 3.8) is 0 Å². The Morgan fingerprint density at radius 2 is 1.86 bits per heavy atom. The molecular weight excluding hydrogens is 440 g/mol. The Labute approximate surface area is 207 Å². The summed E-state index contributed by atoms with van der Waals surface area (Å²) >= 11 is 0. The lowest BCUT2D eigenvalue weighted by molar-refractivity contribution is -0.124. The monoisotopic (exact) mass is 476 g/mol. The van der Waals surface area contributed by atoms with Gasteiger partial charge in [-0.25, -0.2) is 4.79 Å². The van der Waals surface area contributed by atoms with Gasteiger partial charge >= 0.3 is 5.97 Å². The second-order valence-electron chi connectivity index (χ2n) is 9.81. The molecule has 6 nitrogen and oxygen atoms in total. The number of esters is 1. The summed E-state index contributed by atoms with van der Waals surface area (Å²) in [5.74, 6) is 0.986. The molecule has 0 radical (unpaired) electrons. The van der Waals surface area contributed by atoms with Crippen LogP contribution in [0.5, 0.6) is 5.75 Å². The van der Waals surface area contributed by atoms with E-state index < -0.39 is 0 Å². The number of fused-ring (bicyclic) bond motifs is 1. The SMILES string of the molecule is COC(=O)c1ccc(Cc2cn(C)c3ccc(CC(C)C(=O)NCC4CCCC4)cc23)c(OC)c1. The van der Waals surface area contributed by atoms with Crippen LogP contribution in [-0.4, -0.2) is 37.2 Å². The Bertz CT molecular complexity index is 1210. The van der Waals surface area contributed by atoms with Gasteiger partial charge in [0.05, 0.1) is 19.8 Å². The summed E-state index contributed by atoms with van der Waals surface area (Å²) in [5, 5.41) is 4.34. The van der Waals surface area contributed by atoms with Crippen molar-refractivity contribution in [2.75, 3.05) is 20.8 Å². The minimum atomic E-state index is -0.383. The number of benzene rings is 2. The van der Waals surface area contributed by atoms with Gasteiger partial charge in [-0.05, 0) is 66.1 Å². The van der Waals surface area contributed by atoms with E-state index in [1.165, 1.54) is 43.7 Å². The molecule has 0 aliphatic heterocycles. The predicted octanol–water partition coefficient (Wildman–Crippen LogP) is 5.05. The molecule has 0 bridgehead atoms. The molecule has 3 aromatic rings. The molecule has 4 rings (SSSR count). The number of aryl methyl sites for hydroxylation is 1. The fraction of sp³-hybridized carbons (Fsp3) is 0.448. The second-order valence-corrected chi connectivity index (χ2v) is 9.81. The number of aromatic nitrogens is 1. The van der Waals surface area contributed by atoms with Crippen molar-refractivity contribution in [2.45, 2.75) is 45.4 Å². The summed E-state index contributed by atoms with van der Waals surface area (Å²) in [7, 11) is 5.03. The number of nitrogens with one attached hydrogen (secondary N) is 1. The summed E-state index contributed by atoms with van der Waals surface area (Å²) in [6, 6.07) is 11.9. The standard InChI is InChI=1S/C29H36N2O4/c1-19(28(32)30-17-20-7-5-6-8-20)13-21-9-12-26-25(14-21)24(18-31(26)2)15-22-10-11-23(29(33)35-4)16-27(22)34-3/h9-12,14,16,18-20H,5-8,13,15,17H2,1-4H3,(H,30,32). The molecule has 1 saturated carbocycles. The number of methoxy groups -OCH3 is 2. The Morgan fingerprint density at radius 3 is 2.57 bits per heavy atom. The van der Waals surface area contributed by atoms with Gasteiger partial charge in [0.2, 0.25) is 5.91 Å². The molecule has 1 unspecified atom stereocenters. The van der Waals surface area contributed by atoms with Gasteiger partial charge in [0.15, 0.2) is 0 Å². The van der Waals surface area contributed by atoms with E-state index in [1.54, 1.807) is 19.2 Å². The second kappa shape index (κ2) is 11.0. The smallest absolute Gasteiger partial charge is 0.337 e. The number of hydrogen-bond acceptors (Lipinski definition) is 4. The number of hydrogen-bond donors (Lipinski definition) is 1. The van der Waals surface area contributed by atoms with Crippen LogP contribution in [0.1, 0.15) is 59.7 Å². The summed E-state index contributed by atoms with van der Waals surface area (Å²) < 4.78 is 12.5. The summed E-state index contributed by atoms with van der Waals surface area (Å²) in [6.07, 6.45) is 8.56. The molecule has 6 heteroatoms. The van der Waals surface area contributed by atoms with Crippen LogP contribution in [0.2, 0.25) is 0 Å². The fourth-order valence-corrected chi connectivity index (χ4v) is 5.21. The van der Waals surface area contributed by atoms with E-state index in [2.05, 4.69) is 34.3 Å². The number of carbonyl (C=O) groups excluding carboxylic acids is 2. The van der Waals surface area contributed by atoms with Gasteiger partial charge in [0.1, 0.15) is 5.75 Å². The van der Waals surface area contributed by atoms with Gasteiger partial charge in [0.25, 0.3) is 0 Å². The van der Waals surface area contributed by atoms with E-state index in [1.807, 2.05) is 20.0 Å².